The van der Waals surface area contributed by atoms with Gasteiger partial charge in [0.05, 0.1) is 6.07 Å². The minimum absolute atomic E-state index is 0.624. The Morgan fingerprint density at radius 3 is 3.00 bits per heavy atom. The Bertz CT molecular complexity index is 201. The molecule has 0 aromatic rings. The lowest BCUT2D eigenvalue weighted by Crippen LogP contribution is -2.17. The molecular weight excluding hydrogens is 160 g/mol. The number of nitrogens with zero attached hydrogens (tertiary/aromatic N) is 1. The third-order valence-electron chi connectivity index (χ3n) is 2.42. The summed E-state index contributed by atoms with van der Waals surface area (Å²) in [6, 6.07) is 2.13. The van der Waals surface area contributed by atoms with Crippen LogP contribution in [0.15, 0.2) is 11.6 Å². The van der Waals surface area contributed by atoms with Crippen molar-refractivity contribution in [1.82, 2.24) is 5.32 Å². The molecular formula is C11H18N2. The predicted octanol–water partition coefficient (Wildman–Crippen LogP) is 2.38. The van der Waals surface area contributed by atoms with E-state index in [1.807, 2.05) is 0 Å². The van der Waals surface area contributed by atoms with E-state index in [4.69, 9.17) is 5.26 Å². The lowest BCUT2D eigenvalue weighted by atomic mass is 9.97. The van der Waals surface area contributed by atoms with Crippen molar-refractivity contribution >= 4 is 0 Å². The van der Waals surface area contributed by atoms with Crippen LogP contribution in [-0.4, -0.2) is 13.1 Å². The van der Waals surface area contributed by atoms with E-state index in [1.165, 1.54) is 32.1 Å². The van der Waals surface area contributed by atoms with E-state index < -0.39 is 0 Å². The second kappa shape index (κ2) is 6.68. The highest BCUT2D eigenvalue weighted by Gasteiger charge is 2.02. The molecule has 0 aromatic carbocycles. The van der Waals surface area contributed by atoms with Gasteiger partial charge in [-0.1, -0.05) is 11.6 Å². The average Bonchev–Trinajstić information content (AvgIpc) is 2.19. The van der Waals surface area contributed by atoms with E-state index in [0.29, 0.717) is 6.42 Å². The molecule has 0 radical (unpaired) electrons. The number of rotatable bonds is 5. The van der Waals surface area contributed by atoms with E-state index in [0.717, 1.165) is 13.1 Å². The first-order valence-electron chi connectivity index (χ1n) is 5.19. The van der Waals surface area contributed by atoms with Crippen LogP contribution in [0.25, 0.3) is 0 Å². The van der Waals surface area contributed by atoms with Crippen molar-refractivity contribution in [2.45, 2.75) is 38.5 Å². The molecule has 0 atom stereocenters. The molecule has 1 aliphatic carbocycles. The molecule has 0 amide bonds. The third kappa shape index (κ3) is 4.69. The fourth-order valence-corrected chi connectivity index (χ4v) is 1.65. The minimum atomic E-state index is 0.624. The lowest BCUT2D eigenvalue weighted by molar-refractivity contribution is 0.636. The van der Waals surface area contributed by atoms with Gasteiger partial charge in [0, 0.05) is 13.0 Å². The average molecular weight is 178 g/mol. The molecule has 1 N–H and O–H groups in total. The maximum absolute atomic E-state index is 8.31. The van der Waals surface area contributed by atoms with Crippen LogP contribution in [-0.2, 0) is 0 Å². The van der Waals surface area contributed by atoms with Crippen LogP contribution in [0, 0.1) is 11.3 Å². The van der Waals surface area contributed by atoms with Gasteiger partial charge in [-0.15, -0.1) is 0 Å². The zero-order valence-electron chi connectivity index (χ0n) is 8.18. The Balaban J connectivity index is 1.99. The number of allylic oxidation sites excluding steroid dienone is 1. The standard InChI is InChI=1S/C11H18N2/c12-8-4-9-13-10-7-11-5-2-1-3-6-11/h5,13H,1-4,6-7,9-10H2. The Hall–Kier alpha value is -0.810. The monoisotopic (exact) mass is 178 g/mol. The highest BCUT2D eigenvalue weighted by Crippen LogP contribution is 2.19. The minimum Gasteiger partial charge on any atom is -0.315 e. The van der Waals surface area contributed by atoms with Crippen LogP contribution in [0.2, 0.25) is 0 Å². The summed E-state index contributed by atoms with van der Waals surface area (Å²) in [5.41, 5.74) is 1.61. The van der Waals surface area contributed by atoms with Crippen LogP contribution in [0.1, 0.15) is 38.5 Å². The summed E-state index contributed by atoms with van der Waals surface area (Å²) < 4.78 is 0. The van der Waals surface area contributed by atoms with Crippen molar-refractivity contribution in [3.63, 3.8) is 0 Å². The quantitative estimate of drug-likeness (QED) is 0.518. The van der Waals surface area contributed by atoms with Crippen LogP contribution in [0.4, 0.5) is 0 Å². The summed E-state index contributed by atoms with van der Waals surface area (Å²) >= 11 is 0. The maximum Gasteiger partial charge on any atom is 0.0635 e. The van der Waals surface area contributed by atoms with Gasteiger partial charge in [-0.25, -0.2) is 0 Å². The molecule has 72 valence electrons. The van der Waals surface area contributed by atoms with E-state index in [9.17, 15) is 0 Å². The molecule has 0 saturated carbocycles. The van der Waals surface area contributed by atoms with Gasteiger partial charge in [-0.2, -0.15) is 5.26 Å². The molecule has 2 nitrogen and oxygen atoms in total. The van der Waals surface area contributed by atoms with Gasteiger partial charge in [0.15, 0.2) is 0 Å². The molecule has 0 unspecified atom stereocenters. The molecule has 0 heterocycles. The summed E-state index contributed by atoms with van der Waals surface area (Å²) in [6.07, 6.45) is 9.47. The molecule has 0 aromatic heterocycles. The van der Waals surface area contributed by atoms with Crippen molar-refractivity contribution in [2.75, 3.05) is 13.1 Å². The van der Waals surface area contributed by atoms with Crippen molar-refractivity contribution < 1.29 is 0 Å². The van der Waals surface area contributed by atoms with E-state index in [2.05, 4.69) is 17.5 Å². The largest absolute Gasteiger partial charge is 0.315 e. The van der Waals surface area contributed by atoms with Crippen molar-refractivity contribution in [1.29, 1.82) is 5.26 Å². The first-order valence-corrected chi connectivity index (χ1v) is 5.19. The fraction of sp³-hybridized carbons (Fsp3) is 0.727. The molecule has 0 saturated heterocycles. The molecule has 0 bridgehead atoms. The molecule has 1 rings (SSSR count). The van der Waals surface area contributed by atoms with Gasteiger partial charge in [0.2, 0.25) is 0 Å². The van der Waals surface area contributed by atoms with Crippen molar-refractivity contribution in [2.24, 2.45) is 0 Å². The van der Waals surface area contributed by atoms with Gasteiger partial charge in [0.25, 0.3) is 0 Å². The van der Waals surface area contributed by atoms with Gasteiger partial charge in [-0.3, -0.25) is 0 Å². The van der Waals surface area contributed by atoms with Gasteiger partial charge < -0.3 is 5.32 Å². The first-order chi connectivity index (χ1) is 6.43. The van der Waals surface area contributed by atoms with Crippen LogP contribution in [0.5, 0.6) is 0 Å². The second-order valence-corrected chi connectivity index (χ2v) is 3.52. The first kappa shape index (κ1) is 10.3. The smallest absolute Gasteiger partial charge is 0.0635 e. The van der Waals surface area contributed by atoms with Crippen LogP contribution in [0.3, 0.4) is 0 Å². The zero-order valence-corrected chi connectivity index (χ0v) is 8.18. The summed E-state index contributed by atoms with van der Waals surface area (Å²) in [5, 5.41) is 11.6. The Labute approximate surface area is 80.6 Å². The number of hydrogen-bond donors (Lipinski definition) is 1. The van der Waals surface area contributed by atoms with E-state index >= 15 is 0 Å². The van der Waals surface area contributed by atoms with Gasteiger partial charge in [0.1, 0.15) is 0 Å². The summed E-state index contributed by atoms with van der Waals surface area (Å²) in [5.74, 6) is 0. The fourth-order valence-electron chi connectivity index (χ4n) is 1.65. The normalized spacial score (nSPS) is 16.4. The molecule has 2 heteroatoms. The maximum atomic E-state index is 8.31. The SMILES string of the molecule is N#CCCNCCC1=CCCCC1. The van der Waals surface area contributed by atoms with E-state index in [-0.39, 0.29) is 0 Å². The molecule has 13 heavy (non-hydrogen) atoms. The van der Waals surface area contributed by atoms with Crippen LogP contribution >= 0.6 is 0 Å². The second-order valence-electron chi connectivity index (χ2n) is 3.52. The van der Waals surface area contributed by atoms with Gasteiger partial charge >= 0.3 is 0 Å². The van der Waals surface area contributed by atoms with Crippen LogP contribution < -0.4 is 5.32 Å². The third-order valence-corrected chi connectivity index (χ3v) is 2.42. The summed E-state index contributed by atoms with van der Waals surface area (Å²) in [4.78, 5) is 0. The number of nitrogens with one attached hydrogen (secondary N) is 1. The Morgan fingerprint density at radius 1 is 1.38 bits per heavy atom. The topological polar surface area (TPSA) is 35.8 Å². The number of nitriles is 1. The van der Waals surface area contributed by atoms with Gasteiger partial charge in [-0.05, 0) is 38.6 Å². The lowest BCUT2D eigenvalue weighted by Gasteiger charge is -2.12. The summed E-state index contributed by atoms with van der Waals surface area (Å²) in [7, 11) is 0. The highest BCUT2D eigenvalue weighted by molar-refractivity contribution is 5.05. The predicted molar refractivity (Wildman–Crippen MR) is 54.3 cm³/mol. The Kier molecular flexibility index (Phi) is 5.28. The Morgan fingerprint density at radius 2 is 2.31 bits per heavy atom. The van der Waals surface area contributed by atoms with Crippen molar-refractivity contribution in [3.05, 3.63) is 11.6 Å². The molecule has 0 fully saturated rings. The van der Waals surface area contributed by atoms with E-state index in [1.54, 1.807) is 5.57 Å². The van der Waals surface area contributed by atoms with Crippen molar-refractivity contribution in [3.8, 4) is 6.07 Å². The molecule has 0 aliphatic heterocycles. The highest BCUT2D eigenvalue weighted by atomic mass is 14.8. The molecule has 0 spiro atoms. The molecule has 1 aliphatic rings. The summed E-state index contributed by atoms with van der Waals surface area (Å²) in [6.45, 7) is 1.87. The zero-order chi connectivity index (χ0) is 9.36. The number of hydrogen-bond acceptors (Lipinski definition) is 2.